The first-order valence-electron chi connectivity index (χ1n) is 8.74. The van der Waals surface area contributed by atoms with Crippen LogP contribution >= 0.6 is 23.2 Å². The van der Waals surface area contributed by atoms with E-state index >= 15 is 0 Å². The van der Waals surface area contributed by atoms with E-state index < -0.39 is 0 Å². The maximum atomic E-state index is 13.0. The molecule has 0 aliphatic rings. The van der Waals surface area contributed by atoms with Crippen LogP contribution in [0.4, 0.5) is 4.39 Å². The predicted octanol–water partition coefficient (Wildman–Crippen LogP) is 6.01. The number of ether oxygens (including phenoxy) is 2. The number of hydrogen-bond donors (Lipinski definition) is 1. The van der Waals surface area contributed by atoms with Gasteiger partial charge in [-0.1, -0.05) is 53.5 Å². The minimum Gasteiger partial charge on any atom is -0.493 e. The van der Waals surface area contributed by atoms with E-state index in [1.54, 1.807) is 25.3 Å². The molecule has 3 nitrogen and oxygen atoms in total. The third-order valence-corrected chi connectivity index (χ3v) is 4.95. The fourth-order valence-corrected chi connectivity index (χ4v) is 3.12. The minimum atomic E-state index is -0.280. The monoisotopic (exact) mass is 419 g/mol. The Kier molecular flexibility index (Phi) is 7.15. The number of rotatable bonds is 8. The Labute approximate surface area is 174 Å². The summed E-state index contributed by atoms with van der Waals surface area (Å²) >= 11 is 12.6. The first-order chi connectivity index (χ1) is 13.6. The maximum Gasteiger partial charge on any atom is 0.163 e. The highest BCUT2D eigenvalue weighted by Crippen LogP contribution is 2.34. The Morgan fingerprint density at radius 3 is 2.29 bits per heavy atom. The molecule has 0 heterocycles. The lowest BCUT2D eigenvalue weighted by molar-refractivity contribution is 0.284. The van der Waals surface area contributed by atoms with Crippen molar-refractivity contribution in [3.8, 4) is 11.5 Å². The SMILES string of the molecule is COc1cc(CNCc2ccccc2Cl)c(Cl)cc1OCc1ccc(F)cc1. The van der Waals surface area contributed by atoms with Crippen LogP contribution in [-0.2, 0) is 19.7 Å². The molecule has 3 aromatic carbocycles. The van der Waals surface area contributed by atoms with Crippen molar-refractivity contribution in [1.82, 2.24) is 5.32 Å². The summed E-state index contributed by atoms with van der Waals surface area (Å²) in [6.45, 7) is 1.47. The van der Waals surface area contributed by atoms with Crippen LogP contribution < -0.4 is 14.8 Å². The summed E-state index contributed by atoms with van der Waals surface area (Å²) in [6.07, 6.45) is 0. The van der Waals surface area contributed by atoms with E-state index in [9.17, 15) is 4.39 Å². The molecule has 0 atom stereocenters. The van der Waals surface area contributed by atoms with Crippen molar-refractivity contribution in [2.24, 2.45) is 0 Å². The van der Waals surface area contributed by atoms with Gasteiger partial charge in [-0.05, 0) is 41.0 Å². The molecule has 6 heteroatoms. The molecule has 3 aromatic rings. The third-order valence-electron chi connectivity index (χ3n) is 4.23. The van der Waals surface area contributed by atoms with Crippen molar-refractivity contribution < 1.29 is 13.9 Å². The molecule has 3 rings (SSSR count). The summed E-state index contributed by atoms with van der Waals surface area (Å²) in [5.41, 5.74) is 2.76. The lowest BCUT2D eigenvalue weighted by Crippen LogP contribution is -2.13. The van der Waals surface area contributed by atoms with Gasteiger partial charge in [0.2, 0.25) is 0 Å². The van der Waals surface area contributed by atoms with Crippen molar-refractivity contribution in [3.05, 3.63) is 93.2 Å². The molecule has 0 aromatic heterocycles. The van der Waals surface area contributed by atoms with Gasteiger partial charge in [0, 0.05) is 29.2 Å². The van der Waals surface area contributed by atoms with Crippen LogP contribution in [0.25, 0.3) is 0 Å². The molecular formula is C22H20Cl2FNO2. The Balaban J connectivity index is 1.65. The van der Waals surface area contributed by atoms with Crippen molar-refractivity contribution in [3.63, 3.8) is 0 Å². The van der Waals surface area contributed by atoms with Crippen molar-refractivity contribution in [2.45, 2.75) is 19.7 Å². The van der Waals surface area contributed by atoms with Crippen molar-refractivity contribution in [2.75, 3.05) is 7.11 Å². The van der Waals surface area contributed by atoms with Crippen LogP contribution in [0.15, 0.2) is 60.7 Å². The fraction of sp³-hybridized carbons (Fsp3) is 0.182. The van der Waals surface area contributed by atoms with Gasteiger partial charge in [0.05, 0.1) is 7.11 Å². The summed E-state index contributed by atoms with van der Waals surface area (Å²) in [7, 11) is 1.58. The van der Waals surface area contributed by atoms with E-state index in [4.69, 9.17) is 32.7 Å². The number of hydrogen-bond acceptors (Lipinski definition) is 3. The van der Waals surface area contributed by atoms with Gasteiger partial charge >= 0.3 is 0 Å². The standard InChI is InChI=1S/C22H20Cl2FNO2/c1-27-21-10-17(13-26-12-16-4-2-3-5-19(16)23)20(24)11-22(21)28-14-15-6-8-18(25)9-7-15/h2-11,26H,12-14H2,1H3. The molecule has 0 spiro atoms. The van der Waals surface area contributed by atoms with Crippen LogP contribution in [0.2, 0.25) is 10.0 Å². The van der Waals surface area contributed by atoms with E-state index in [0.29, 0.717) is 29.6 Å². The molecule has 1 N–H and O–H groups in total. The summed E-state index contributed by atoms with van der Waals surface area (Å²) in [5.74, 6) is 0.839. The second-order valence-electron chi connectivity index (χ2n) is 6.20. The van der Waals surface area contributed by atoms with Crippen LogP contribution in [0.3, 0.4) is 0 Å². The van der Waals surface area contributed by atoms with Gasteiger partial charge < -0.3 is 14.8 Å². The number of nitrogens with one attached hydrogen (secondary N) is 1. The normalized spacial score (nSPS) is 10.7. The zero-order valence-electron chi connectivity index (χ0n) is 15.3. The molecule has 0 amide bonds. The highest BCUT2D eigenvalue weighted by atomic mass is 35.5. The Morgan fingerprint density at radius 2 is 1.57 bits per heavy atom. The van der Waals surface area contributed by atoms with Gasteiger partial charge in [-0.15, -0.1) is 0 Å². The maximum absolute atomic E-state index is 13.0. The molecule has 146 valence electrons. The summed E-state index contributed by atoms with van der Waals surface area (Å²) in [5, 5.41) is 4.63. The average Bonchev–Trinajstić information content (AvgIpc) is 2.70. The molecule has 28 heavy (non-hydrogen) atoms. The molecule has 0 aliphatic carbocycles. The minimum absolute atomic E-state index is 0.280. The molecule has 0 aliphatic heterocycles. The molecule has 0 unspecified atom stereocenters. The van der Waals surface area contributed by atoms with Crippen LogP contribution in [0, 0.1) is 5.82 Å². The Morgan fingerprint density at radius 1 is 0.857 bits per heavy atom. The molecule has 0 saturated heterocycles. The largest absolute Gasteiger partial charge is 0.493 e. The lowest BCUT2D eigenvalue weighted by Gasteiger charge is -2.14. The lowest BCUT2D eigenvalue weighted by atomic mass is 10.1. The Bertz CT molecular complexity index is 932. The van der Waals surface area contributed by atoms with Gasteiger partial charge in [0.15, 0.2) is 11.5 Å². The number of methoxy groups -OCH3 is 1. The molecule has 0 bridgehead atoms. The summed E-state index contributed by atoms with van der Waals surface area (Å²) in [4.78, 5) is 0. The van der Waals surface area contributed by atoms with E-state index in [0.717, 1.165) is 21.7 Å². The van der Waals surface area contributed by atoms with Crippen molar-refractivity contribution >= 4 is 23.2 Å². The van der Waals surface area contributed by atoms with Crippen LogP contribution in [0.5, 0.6) is 11.5 Å². The topological polar surface area (TPSA) is 30.5 Å². The van der Waals surface area contributed by atoms with Crippen LogP contribution in [-0.4, -0.2) is 7.11 Å². The van der Waals surface area contributed by atoms with Gasteiger partial charge in [0.1, 0.15) is 12.4 Å². The average molecular weight is 420 g/mol. The first-order valence-corrected chi connectivity index (χ1v) is 9.50. The van der Waals surface area contributed by atoms with Crippen molar-refractivity contribution in [1.29, 1.82) is 0 Å². The zero-order valence-corrected chi connectivity index (χ0v) is 16.9. The quantitative estimate of drug-likeness (QED) is 0.484. The highest BCUT2D eigenvalue weighted by Gasteiger charge is 2.11. The summed E-state index contributed by atoms with van der Waals surface area (Å²) < 4.78 is 24.3. The molecule has 0 saturated carbocycles. The second kappa shape index (κ2) is 9.78. The predicted molar refractivity (Wildman–Crippen MR) is 111 cm³/mol. The van der Waals surface area contributed by atoms with E-state index in [-0.39, 0.29) is 12.4 Å². The van der Waals surface area contributed by atoms with Gasteiger partial charge in [-0.25, -0.2) is 4.39 Å². The second-order valence-corrected chi connectivity index (χ2v) is 7.02. The van der Waals surface area contributed by atoms with E-state index in [1.807, 2.05) is 30.3 Å². The number of halogens is 3. The Hall–Kier alpha value is -2.27. The molecule has 0 radical (unpaired) electrons. The molecular weight excluding hydrogens is 400 g/mol. The van der Waals surface area contributed by atoms with E-state index in [1.165, 1.54) is 12.1 Å². The summed E-state index contributed by atoms with van der Waals surface area (Å²) in [6, 6.07) is 17.4. The fourth-order valence-electron chi connectivity index (χ4n) is 2.70. The van der Waals surface area contributed by atoms with Gasteiger partial charge in [-0.2, -0.15) is 0 Å². The third kappa shape index (κ3) is 5.38. The van der Waals surface area contributed by atoms with Crippen LogP contribution in [0.1, 0.15) is 16.7 Å². The van der Waals surface area contributed by atoms with Gasteiger partial charge in [-0.3, -0.25) is 0 Å². The smallest absolute Gasteiger partial charge is 0.163 e. The van der Waals surface area contributed by atoms with Gasteiger partial charge in [0.25, 0.3) is 0 Å². The number of benzene rings is 3. The van der Waals surface area contributed by atoms with E-state index in [2.05, 4.69) is 5.32 Å². The molecule has 0 fully saturated rings. The first kappa shape index (κ1) is 20.5. The highest BCUT2D eigenvalue weighted by molar-refractivity contribution is 6.31. The zero-order chi connectivity index (χ0) is 19.9.